The summed E-state index contributed by atoms with van der Waals surface area (Å²) in [5.74, 6) is -1.58. The summed E-state index contributed by atoms with van der Waals surface area (Å²) < 4.78 is 54.9. The summed E-state index contributed by atoms with van der Waals surface area (Å²) in [7, 11) is 1.06. The van der Waals surface area contributed by atoms with Gasteiger partial charge in [-0.05, 0) is 74.1 Å². The van der Waals surface area contributed by atoms with Crippen LogP contribution in [0.4, 0.5) is 29.1 Å². The standard InChI is InChI=1S/C27H30F4N6O2/c1-15(26(39)36(2)14-27(29,30)31)18-7-8-20(19(28)13-18)34-25(38)23(22(16-3-4-16)17-5-6-17)35-24-21-9-10-33-37(21)12-11-32-24/h7-13,15-17,22-23H,3-6,14H2,1-2H3,(H,32,35)(H,34,38)/t15-,23-/m0/s1. The molecule has 2 saturated carbocycles. The highest BCUT2D eigenvalue weighted by molar-refractivity contribution is 5.97. The van der Waals surface area contributed by atoms with E-state index in [0.29, 0.717) is 28.1 Å². The first kappa shape index (κ1) is 26.9. The van der Waals surface area contributed by atoms with E-state index in [9.17, 15) is 22.8 Å². The quantitative estimate of drug-likeness (QED) is 0.355. The van der Waals surface area contributed by atoms with Gasteiger partial charge in [0.25, 0.3) is 0 Å². The van der Waals surface area contributed by atoms with Crippen molar-refractivity contribution in [3.05, 3.63) is 54.2 Å². The molecule has 0 bridgehead atoms. The fourth-order valence-corrected chi connectivity index (χ4v) is 5.28. The molecule has 5 rings (SSSR count). The smallest absolute Gasteiger partial charge is 0.356 e. The average molecular weight is 547 g/mol. The molecular formula is C27H30F4N6O2. The Kier molecular flexibility index (Phi) is 7.21. The molecule has 2 aromatic heterocycles. The molecule has 2 amide bonds. The van der Waals surface area contributed by atoms with Crippen LogP contribution in [0, 0.1) is 23.6 Å². The number of aromatic nitrogens is 3. The maximum absolute atomic E-state index is 15.1. The number of nitrogens with zero attached hydrogens (tertiary/aromatic N) is 4. The van der Waals surface area contributed by atoms with Crippen molar-refractivity contribution in [1.82, 2.24) is 19.5 Å². The fourth-order valence-electron chi connectivity index (χ4n) is 5.28. The number of fused-ring (bicyclic) bond motifs is 1. The van der Waals surface area contributed by atoms with Crippen molar-refractivity contribution in [3.8, 4) is 0 Å². The van der Waals surface area contributed by atoms with E-state index in [0.717, 1.165) is 38.8 Å². The van der Waals surface area contributed by atoms with Gasteiger partial charge in [-0.3, -0.25) is 9.59 Å². The highest BCUT2D eigenvalue weighted by Gasteiger charge is 2.48. The lowest BCUT2D eigenvalue weighted by Gasteiger charge is -2.28. The molecule has 2 atom stereocenters. The first-order valence-corrected chi connectivity index (χ1v) is 13.0. The summed E-state index contributed by atoms with van der Waals surface area (Å²) in [6.45, 7) is 0.0221. The van der Waals surface area contributed by atoms with Crippen LogP contribution in [-0.2, 0) is 9.59 Å². The van der Waals surface area contributed by atoms with Gasteiger partial charge in [0.1, 0.15) is 23.9 Å². The van der Waals surface area contributed by atoms with Gasteiger partial charge >= 0.3 is 6.18 Å². The molecule has 2 N–H and O–H groups in total. The lowest BCUT2D eigenvalue weighted by Crippen LogP contribution is -2.43. The van der Waals surface area contributed by atoms with Crippen molar-refractivity contribution in [1.29, 1.82) is 0 Å². The van der Waals surface area contributed by atoms with Gasteiger partial charge in [-0.25, -0.2) is 13.9 Å². The van der Waals surface area contributed by atoms with Crippen LogP contribution in [-0.4, -0.2) is 57.1 Å². The Morgan fingerprint density at radius 3 is 2.44 bits per heavy atom. The number of hydrogen-bond donors (Lipinski definition) is 2. The number of rotatable bonds is 10. The summed E-state index contributed by atoms with van der Waals surface area (Å²) in [4.78, 5) is 31.1. The molecule has 208 valence electrons. The number of carbonyl (C=O) groups excluding carboxylic acids is 2. The number of carbonyl (C=O) groups is 2. The zero-order chi connectivity index (χ0) is 27.9. The molecule has 3 aromatic rings. The van der Waals surface area contributed by atoms with Crippen molar-refractivity contribution in [3.63, 3.8) is 0 Å². The van der Waals surface area contributed by atoms with E-state index in [1.807, 2.05) is 0 Å². The number of likely N-dealkylation sites (N-methyl/N-ethyl adjacent to an activating group) is 1. The van der Waals surface area contributed by atoms with Crippen LogP contribution in [0.25, 0.3) is 5.52 Å². The van der Waals surface area contributed by atoms with Gasteiger partial charge in [0.15, 0.2) is 5.82 Å². The minimum absolute atomic E-state index is 0.0686. The van der Waals surface area contributed by atoms with Crippen LogP contribution in [0.5, 0.6) is 0 Å². The van der Waals surface area contributed by atoms with Crippen LogP contribution in [0.1, 0.15) is 44.1 Å². The molecule has 0 unspecified atom stereocenters. The van der Waals surface area contributed by atoms with Gasteiger partial charge in [0, 0.05) is 19.4 Å². The average Bonchev–Trinajstić information content (AvgIpc) is 3.82. The third-order valence-electron chi connectivity index (χ3n) is 7.53. The van der Waals surface area contributed by atoms with Crippen molar-refractivity contribution in [2.45, 2.75) is 50.7 Å². The van der Waals surface area contributed by atoms with Crippen molar-refractivity contribution in [2.24, 2.45) is 17.8 Å². The number of anilines is 2. The molecule has 12 heteroatoms. The largest absolute Gasteiger partial charge is 0.406 e. The van der Waals surface area contributed by atoms with E-state index in [4.69, 9.17) is 0 Å². The van der Waals surface area contributed by atoms with Gasteiger partial charge < -0.3 is 15.5 Å². The molecule has 0 spiro atoms. The zero-order valence-corrected chi connectivity index (χ0v) is 21.6. The Morgan fingerprint density at radius 2 is 1.82 bits per heavy atom. The third kappa shape index (κ3) is 6.15. The lowest BCUT2D eigenvalue weighted by molar-refractivity contribution is -0.159. The number of alkyl halides is 3. The molecule has 2 heterocycles. The Morgan fingerprint density at radius 1 is 1.13 bits per heavy atom. The minimum Gasteiger partial charge on any atom is -0.356 e. The molecule has 2 aliphatic rings. The highest BCUT2D eigenvalue weighted by Crippen LogP contribution is 2.51. The first-order chi connectivity index (χ1) is 18.5. The predicted molar refractivity (Wildman–Crippen MR) is 136 cm³/mol. The molecule has 0 aliphatic heterocycles. The van der Waals surface area contributed by atoms with Crippen LogP contribution >= 0.6 is 0 Å². The Hall–Kier alpha value is -3.70. The summed E-state index contributed by atoms with van der Waals surface area (Å²) in [6, 6.07) is 5.00. The van der Waals surface area contributed by atoms with Crippen LogP contribution in [0.2, 0.25) is 0 Å². The van der Waals surface area contributed by atoms with E-state index in [-0.39, 0.29) is 17.2 Å². The normalized spacial score (nSPS) is 17.2. The molecule has 0 saturated heterocycles. The molecule has 2 fully saturated rings. The molecule has 0 radical (unpaired) electrons. The summed E-state index contributed by atoms with van der Waals surface area (Å²) >= 11 is 0. The van der Waals surface area contributed by atoms with E-state index >= 15 is 4.39 Å². The van der Waals surface area contributed by atoms with E-state index < -0.39 is 42.3 Å². The topological polar surface area (TPSA) is 91.6 Å². The lowest BCUT2D eigenvalue weighted by atomic mass is 9.88. The maximum Gasteiger partial charge on any atom is 0.406 e. The fraction of sp³-hybridized carbons (Fsp3) is 0.481. The molecule has 8 nitrogen and oxygen atoms in total. The van der Waals surface area contributed by atoms with Crippen LogP contribution < -0.4 is 10.6 Å². The van der Waals surface area contributed by atoms with Crippen LogP contribution in [0.3, 0.4) is 0 Å². The SMILES string of the molecule is C[C@H](C(=O)N(C)CC(F)(F)F)c1ccc(NC(=O)[C@@H](Nc2nccn3nccc23)C(C2CC2)C2CC2)c(F)c1. The number of halogens is 4. The number of amides is 2. The highest BCUT2D eigenvalue weighted by atomic mass is 19.4. The maximum atomic E-state index is 15.1. The minimum atomic E-state index is -4.54. The van der Waals surface area contributed by atoms with E-state index in [1.165, 1.54) is 19.1 Å². The third-order valence-corrected chi connectivity index (χ3v) is 7.53. The van der Waals surface area contributed by atoms with E-state index in [2.05, 4.69) is 20.7 Å². The molecule has 1 aromatic carbocycles. The molecule has 2 aliphatic carbocycles. The van der Waals surface area contributed by atoms with Crippen molar-refractivity contribution < 1.29 is 27.2 Å². The predicted octanol–water partition coefficient (Wildman–Crippen LogP) is 4.85. The van der Waals surface area contributed by atoms with Gasteiger partial charge in [0.05, 0.1) is 17.8 Å². The van der Waals surface area contributed by atoms with Crippen molar-refractivity contribution in [2.75, 3.05) is 24.2 Å². The van der Waals surface area contributed by atoms with Gasteiger partial charge in [-0.1, -0.05) is 6.07 Å². The summed E-state index contributed by atoms with van der Waals surface area (Å²) in [5.41, 5.74) is 0.856. The Bertz CT molecular complexity index is 1360. The number of nitrogens with one attached hydrogen (secondary N) is 2. The summed E-state index contributed by atoms with van der Waals surface area (Å²) in [5, 5.41) is 10.2. The number of hydrogen-bond acceptors (Lipinski definition) is 5. The van der Waals surface area contributed by atoms with E-state index in [1.54, 1.807) is 29.2 Å². The van der Waals surface area contributed by atoms with Crippen LogP contribution in [0.15, 0.2) is 42.9 Å². The monoisotopic (exact) mass is 546 g/mol. The van der Waals surface area contributed by atoms with Crippen molar-refractivity contribution >= 4 is 28.8 Å². The second-order valence-corrected chi connectivity index (χ2v) is 10.6. The molecule has 39 heavy (non-hydrogen) atoms. The Labute approximate surface area is 222 Å². The second-order valence-electron chi connectivity index (χ2n) is 10.6. The first-order valence-electron chi connectivity index (χ1n) is 13.0. The number of benzene rings is 1. The molecular weight excluding hydrogens is 516 g/mol. The summed E-state index contributed by atoms with van der Waals surface area (Å²) in [6.07, 6.45) is 4.55. The Balaban J connectivity index is 1.35. The van der Waals surface area contributed by atoms with Gasteiger partial charge in [-0.15, -0.1) is 0 Å². The van der Waals surface area contributed by atoms with Gasteiger partial charge in [0.2, 0.25) is 11.8 Å². The zero-order valence-electron chi connectivity index (χ0n) is 21.6. The van der Waals surface area contributed by atoms with Gasteiger partial charge in [-0.2, -0.15) is 18.3 Å². The second kappa shape index (κ2) is 10.5.